The van der Waals surface area contributed by atoms with Crippen LogP contribution in [0.15, 0.2) is 36.4 Å². The summed E-state index contributed by atoms with van der Waals surface area (Å²) in [6.45, 7) is 2.52. The van der Waals surface area contributed by atoms with E-state index >= 15 is 0 Å². The SMILES string of the molecule is COc1ccc(C)cc1N1Cc2cccc(N)c2C1=O. The minimum atomic E-state index is -0.0676. The van der Waals surface area contributed by atoms with Crippen molar-refractivity contribution in [1.29, 1.82) is 0 Å². The van der Waals surface area contributed by atoms with Crippen molar-refractivity contribution >= 4 is 17.3 Å². The molecule has 2 N–H and O–H groups in total. The molecule has 0 saturated carbocycles. The number of hydrogen-bond donors (Lipinski definition) is 1. The third-order valence-electron chi connectivity index (χ3n) is 3.60. The highest BCUT2D eigenvalue weighted by Crippen LogP contribution is 2.36. The lowest BCUT2D eigenvalue weighted by molar-refractivity contribution is 0.0996. The molecule has 20 heavy (non-hydrogen) atoms. The Bertz CT molecular complexity index is 695. The molecule has 1 amide bonds. The fourth-order valence-electron chi connectivity index (χ4n) is 2.60. The second-order valence-electron chi connectivity index (χ2n) is 4.95. The van der Waals surface area contributed by atoms with Gasteiger partial charge in [-0.05, 0) is 36.2 Å². The summed E-state index contributed by atoms with van der Waals surface area (Å²) in [5, 5.41) is 0. The van der Waals surface area contributed by atoms with Crippen molar-refractivity contribution in [3.05, 3.63) is 53.1 Å². The fourth-order valence-corrected chi connectivity index (χ4v) is 2.60. The van der Waals surface area contributed by atoms with E-state index in [1.807, 2.05) is 37.3 Å². The highest BCUT2D eigenvalue weighted by Gasteiger charge is 2.31. The molecular formula is C16H16N2O2. The molecule has 0 saturated heterocycles. The molecule has 0 atom stereocenters. The smallest absolute Gasteiger partial charge is 0.261 e. The highest BCUT2D eigenvalue weighted by molar-refractivity contribution is 6.13. The predicted molar refractivity (Wildman–Crippen MR) is 79.1 cm³/mol. The summed E-state index contributed by atoms with van der Waals surface area (Å²) in [4.78, 5) is 14.3. The quantitative estimate of drug-likeness (QED) is 0.852. The molecule has 0 spiro atoms. The van der Waals surface area contributed by atoms with Gasteiger partial charge >= 0.3 is 0 Å². The number of rotatable bonds is 2. The van der Waals surface area contributed by atoms with Crippen LogP contribution in [0.5, 0.6) is 5.75 Å². The number of methoxy groups -OCH3 is 1. The van der Waals surface area contributed by atoms with Crippen molar-refractivity contribution in [1.82, 2.24) is 0 Å². The number of nitrogens with two attached hydrogens (primary N) is 1. The van der Waals surface area contributed by atoms with Gasteiger partial charge in [0, 0.05) is 5.69 Å². The van der Waals surface area contributed by atoms with E-state index in [-0.39, 0.29) is 5.91 Å². The van der Waals surface area contributed by atoms with Crippen LogP contribution in [-0.4, -0.2) is 13.0 Å². The molecule has 0 radical (unpaired) electrons. The number of carbonyl (C=O) groups is 1. The number of fused-ring (bicyclic) bond motifs is 1. The van der Waals surface area contributed by atoms with E-state index in [1.54, 1.807) is 18.1 Å². The molecule has 2 aromatic rings. The molecule has 0 fully saturated rings. The molecule has 102 valence electrons. The van der Waals surface area contributed by atoms with Crippen molar-refractivity contribution in [3.63, 3.8) is 0 Å². The summed E-state index contributed by atoms with van der Waals surface area (Å²) in [5.41, 5.74) is 9.88. The molecule has 1 aliphatic heterocycles. The first kappa shape index (κ1) is 12.5. The number of nitrogens with zero attached hydrogens (tertiary/aromatic N) is 1. The third kappa shape index (κ3) is 1.81. The molecule has 4 nitrogen and oxygen atoms in total. The van der Waals surface area contributed by atoms with Crippen molar-refractivity contribution in [2.24, 2.45) is 0 Å². The van der Waals surface area contributed by atoms with Gasteiger partial charge < -0.3 is 15.4 Å². The zero-order valence-corrected chi connectivity index (χ0v) is 11.5. The van der Waals surface area contributed by atoms with Gasteiger partial charge in [-0.15, -0.1) is 0 Å². The minimum absolute atomic E-state index is 0.0676. The van der Waals surface area contributed by atoms with Crippen LogP contribution in [0.1, 0.15) is 21.5 Å². The van der Waals surface area contributed by atoms with Crippen LogP contribution in [0.4, 0.5) is 11.4 Å². The number of nitrogen functional groups attached to an aromatic ring is 1. The Morgan fingerprint density at radius 1 is 1.25 bits per heavy atom. The van der Waals surface area contributed by atoms with Crippen molar-refractivity contribution < 1.29 is 9.53 Å². The van der Waals surface area contributed by atoms with Gasteiger partial charge in [-0.25, -0.2) is 0 Å². The van der Waals surface area contributed by atoms with Crippen molar-refractivity contribution in [2.45, 2.75) is 13.5 Å². The standard InChI is InChI=1S/C16H16N2O2/c1-10-6-7-14(20-2)13(8-10)18-9-11-4-3-5-12(17)15(11)16(18)19/h3-8H,9,17H2,1-2H3. The van der Waals surface area contributed by atoms with Crippen LogP contribution >= 0.6 is 0 Å². The van der Waals surface area contributed by atoms with Crippen LogP contribution in [-0.2, 0) is 6.54 Å². The van der Waals surface area contributed by atoms with Crippen LogP contribution < -0.4 is 15.4 Å². The first-order chi connectivity index (χ1) is 9.61. The summed E-state index contributed by atoms with van der Waals surface area (Å²) in [7, 11) is 1.61. The van der Waals surface area contributed by atoms with Gasteiger partial charge in [0.05, 0.1) is 24.9 Å². The fraction of sp³-hybridized carbons (Fsp3) is 0.188. The zero-order chi connectivity index (χ0) is 14.3. The molecule has 1 heterocycles. The van der Waals surface area contributed by atoms with Gasteiger partial charge in [0.2, 0.25) is 0 Å². The Balaban J connectivity index is 2.09. The topological polar surface area (TPSA) is 55.6 Å². The average Bonchev–Trinajstić information content (AvgIpc) is 2.77. The molecule has 0 bridgehead atoms. The Kier molecular flexibility index (Phi) is 2.86. The summed E-state index contributed by atoms with van der Waals surface area (Å²) in [6, 6.07) is 11.4. The van der Waals surface area contributed by atoms with E-state index in [0.29, 0.717) is 23.5 Å². The lowest BCUT2D eigenvalue weighted by Crippen LogP contribution is -2.24. The van der Waals surface area contributed by atoms with E-state index in [9.17, 15) is 4.79 Å². The Labute approximate surface area is 117 Å². The molecule has 2 aromatic carbocycles. The Morgan fingerprint density at radius 2 is 2.05 bits per heavy atom. The first-order valence-corrected chi connectivity index (χ1v) is 6.45. The zero-order valence-electron chi connectivity index (χ0n) is 11.5. The number of amides is 1. The molecule has 0 aromatic heterocycles. The normalized spacial score (nSPS) is 13.5. The summed E-state index contributed by atoms with van der Waals surface area (Å²) < 4.78 is 5.37. The molecule has 1 aliphatic rings. The van der Waals surface area contributed by atoms with Gasteiger partial charge in [0.25, 0.3) is 5.91 Å². The first-order valence-electron chi connectivity index (χ1n) is 6.45. The third-order valence-corrected chi connectivity index (χ3v) is 3.60. The van der Waals surface area contributed by atoms with Gasteiger partial charge in [0.15, 0.2) is 0 Å². The number of ether oxygens (including phenoxy) is 1. The van der Waals surface area contributed by atoms with E-state index in [4.69, 9.17) is 10.5 Å². The number of benzene rings is 2. The van der Waals surface area contributed by atoms with Crippen LogP contribution in [0, 0.1) is 6.92 Å². The average molecular weight is 268 g/mol. The number of aryl methyl sites for hydroxylation is 1. The monoisotopic (exact) mass is 268 g/mol. The lowest BCUT2D eigenvalue weighted by Gasteiger charge is -2.19. The van der Waals surface area contributed by atoms with E-state index in [2.05, 4.69) is 0 Å². The summed E-state index contributed by atoms with van der Waals surface area (Å²) in [5.74, 6) is 0.623. The maximum absolute atomic E-state index is 12.6. The highest BCUT2D eigenvalue weighted by atomic mass is 16.5. The summed E-state index contributed by atoms with van der Waals surface area (Å²) in [6.07, 6.45) is 0. The predicted octanol–water partition coefficient (Wildman–Crippen LogP) is 2.75. The minimum Gasteiger partial charge on any atom is -0.495 e. The van der Waals surface area contributed by atoms with E-state index in [0.717, 1.165) is 16.8 Å². The molecule has 3 rings (SSSR count). The van der Waals surface area contributed by atoms with Crippen molar-refractivity contribution in [2.75, 3.05) is 17.7 Å². The molecule has 4 heteroatoms. The largest absolute Gasteiger partial charge is 0.495 e. The second-order valence-corrected chi connectivity index (χ2v) is 4.95. The molecule has 0 aliphatic carbocycles. The number of hydrogen-bond acceptors (Lipinski definition) is 3. The summed E-state index contributed by atoms with van der Waals surface area (Å²) >= 11 is 0. The molecule has 0 unspecified atom stereocenters. The Hall–Kier alpha value is -2.49. The molecular weight excluding hydrogens is 252 g/mol. The maximum Gasteiger partial charge on any atom is 0.261 e. The van der Waals surface area contributed by atoms with Crippen LogP contribution in [0.2, 0.25) is 0 Å². The van der Waals surface area contributed by atoms with Gasteiger partial charge in [-0.1, -0.05) is 18.2 Å². The van der Waals surface area contributed by atoms with Crippen molar-refractivity contribution in [3.8, 4) is 5.75 Å². The number of carbonyl (C=O) groups excluding carboxylic acids is 1. The van der Waals surface area contributed by atoms with E-state index < -0.39 is 0 Å². The van der Waals surface area contributed by atoms with Gasteiger partial charge in [0.1, 0.15) is 5.75 Å². The van der Waals surface area contributed by atoms with E-state index in [1.165, 1.54) is 0 Å². The number of anilines is 2. The van der Waals surface area contributed by atoms with Gasteiger partial charge in [-0.3, -0.25) is 4.79 Å². The van der Waals surface area contributed by atoms with Crippen LogP contribution in [0.3, 0.4) is 0 Å². The lowest BCUT2D eigenvalue weighted by atomic mass is 10.1. The van der Waals surface area contributed by atoms with Crippen LogP contribution in [0.25, 0.3) is 0 Å². The Morgan fingerprint density at radius 3 is 2.75 bits per heavy atom. The van der Waals surface area contributed by atoms with Gasteiger partial charge in [-0.2, -0.15) is 0 Å². The maximum atomic E-state index is 12.6. The second kappa shape index (κ2) is 4.56.